The van der Waals surface area contributed by atoms with Crippen molar-refractivity contribution in [3.63, 3.8) is 0 Å². The number of alkyl halides is 2. The van der Waals surface area contributed by atoms with Gasteiger partial charge in [0.15, 0.2) is 12.3 Å². The molecule has 3 heteroatoms. The second kappa shape index (κ2) is 2.48. The molecule has 0 N–H and O–H groups in total. The van der Waals surface area contributed by atoms with Crippen molar-refractivity contribution in [1.82, 2.24) is 0 Å². The Labute approximate surface area is 57.0 Å². The molecule has 10 heavy (non-hydrogen) atoms. The van der Waals surface area contributed by atoms with Gasteiger partial charge in [-0.3, -0.25) is 0 Å². The Morgan fingerprint density at radius 1 is 1.20 bits per heavy atom. The van der Waals surface area contributed by atoms with Crippen molar-refractivity contribution in [3.05, 3.63) is 23.6 Å². The number of rotatable bonds is 0. The van der Waals surface area contributed by atoms with Crippen LogP contribution in [0.1, 0.15) is 6.92 Å². The Bertz CT molecular complexity index is 171. The largest absolute Gasteiger partial charge is 0.239 e. The molecular weight excluding hydrogens is 141 g/mol. The predicted molar refractivity (Wildman–Crippen MR) is 32.7 cm³/mol. The van der Waals surface area contributed by atoms with Gasteiger partial charge < -0.3 is 0 Å². The van der Waals surface area contributed by atoms with Crippen LogP contribution in [0.25, 0.3) is 0 Å². The SMILES string of the molecule is CC1=CC(F)C(F)C=C1F. The summed E-state index contributed by atoms with van der Waals surface area (Å²) < 4.78 is 37.0. The number of hydrogen-bond donors (Lipinski definition) is 0. The molecule has 0 amide bonds. The fourth-order valence-corrected chi connectivity index (χ4v) is 0.774. The van der Waals surface area contributed by atoms with Crippen LogP contribution in [0.2, 0.25) is 0 Å². The molecule has 0 radical (unpaired) electrons. The molecule has 1 rings (SSSR count). The molecule has 56 valence electrons. The molecule has 0 aliphatic heterocycles. The summed E-state index contributed by atoms with van der Waals surface area (Å²) in [6.45, 7) is 1.41. The second-order valence-corrected chi connectivity index (χ2v) is 2.25. The first-order chi connectivity index (χ1) is 4.61. The van der Waals surface area contributed by atoms with E-state index in [1.54, 1.807) is 0 Å². The third kappa shape index (κ3) is 1.23. The maximum Gasteiger partial charge on any atom is 0.156 e. The summed E-state index contributed by atoms with van der Waals surface area (Å²) in [5.74, 6) is -0.665. The molecule has 0 saturated heterocycles. The first kappa shape index (κ1) is 7.38. The highest BCUT2D eigenvalue weighted by Crippen LogP contribution is 2.23. The van der Waals surface area contributed by atoms with Crippen molar-refractivity contribution in [2.45, 2.75) is 19.3 Å². The van der Waals surface area contributed by atoms with Gasteiger partial charge in [0.2, 0.25) is 0 Å². The molecule has 0 aromatic heterocycles. The molecule has 0 saturated carbocycles. The molecule has 0 nitrogen and oxygen atoms in total. The van der Waals surface area contributed by atoms with Gasteiger partial charge in [-0.2, -0.15) is 0 Å². The molecule has 1 aliphatic rings. The summed E-state index contributed by atoms with van der Waals surface area (Å²) in [5.41, 5.74) is 0.168. The van der Waals surface area contributed by atoms with Crippen LogP contribution >= 0.6 is 0 Å². The van der Waals surface area contributed by atoms with Gasteiger partial charge in [0.25, 0.3) is 0 Å². The van der Waals surface area contributed by atoms with E-state index in [-0.39, 0.29) is 5.57 Å². The quantitative estimate of drug-likeness (QED) is 0.495. The standard InChI is InChI=1S/C7H7F3/c1-4-2-6(9)7(10)3-5(4)8/h2-3,6-7H,1H3. The minimum Gasteiger partial charge on any atom is -0.239 e. The van der Waals surface area contributed by atoms with Crippen LogP contribution in [0, 0.1) is 0 Å². The Hall–Kier alpha value is -0.730. The molecule has 0 aromatic rings. The zero-order chi connectivity index (χ0) is 7.72. The zero-order valence-corrected chi connectivity index (χ0v) is 5.44. The molecule has 0 fully saturated rings. The molecule has 2 unspecified atom stereocenters. The van der Waals surface area contributed by atoms with Gasteiger partial charge in [0, 0.05) is 0 Å². The summed E-state index contributed by atoms with van der Waals surface area (Å²) in [4.78, 5) is 0. The number of halogens is 3. The van der Waals surface area contributed by atoms with Gasteiger partial charge in [-0.1, -0.05) is 0 Å². The van der Waals surface area contributed by atoms with Crippen LogP contribution in [0.4, 0.5) is 13.2 Å². The Morgan fingerprint density at radius 2 is 1.70 bits per heavy atom. The highest BCUT2D eigenvalue weighted by Gasteiger charge is 2.22. The van der Waals surface area contributed by atoms with Gasteiger partial charge in [-0.25, -0.2) is 13.2 Å². The van der Waals surface area contributed by atoms with Crippen LogP contribution < -0.4 is 0 Å². The lowest BCUT2D eigenvalue weighted by Gasteiger charge is -2.12. The van der Waals surface area contributed by atoms with Crippen LogP contribution in [-0.4, -0.2) is 12.3 Å². The molecule has 2 atom stereocenters. The fraction of sp³-hybridized carbons (Fsp3) is 0.429. The van der Waals surface area contributed by atoms with Crippen molar-refractivity contribution in [2.24, 2.45) is 0 Å². The zero-order valence-electron chi connectivity index (χ0n) is 5.44. The summed E-state index contributed by atoms with van der Waals surface area (Å²) in [6.07, 6.45) is -1.90. The average Bonchev–Trinajstić information content (AvgIpc) is 1.84. The molecule has 0 aromatic carbocycles. The van der Waals surface area contributed by atoms with Gasteiger partial charge in [0.1, 0.15) is 5.83 Å². The van der Waals surface area contributed by atoms with Crippen LogP contribution in [0.5, 0.6) is 0 Å². The van der Waals surface area contributed by atoms with E-state index >= 15 is 0 Å². The van der Waals surface area contributed by atoms with E-state index in [4.69, 9.17) is 0 Å². The van der Waals surface area contributed by atoms with Gasteiger partial charge in [0.05, 0.1) is 0 Å². The van der Waals surface area contributed by atoms with E-state index < -0.39 is 18.2 Å². The number of hydrogen-bond acceptors (Lipinski definition) is 0. The van der Waals surface area contributed by atoms with Gasteiger partial charge in [-0.15, -0.1) is 0 Å². The first-order valence-corrected chi connectivity index (χ1v) is 2.95. The summed E-state index contributed by atoms with van der Waals surface area (Å²) in [7, 11) is 0. The van der Waals surface area contributed by atoms with Crippen molar-refractivity contribution in [3.8, 4) is 0 Å². The Morgan fingerprint density at radius 3 is 2.20 bits per heavy atom. The van der Waals surface area contributed by atoms with Crippen molar-refractivity contribution in [2.75, 3.05) is 0 Å². The molecule has 0 spiro atoms. The Kier molecular flexibility index (Phi) is 1.83. The van der Waals surface area contributed by atoms with Gasteiger partial charge >= 0.3 is 0 Å². The lowest BCUT2D eigenvalue weighted by Crippen LogP contribution is -2.16. The van der Waals surface area contributed by atoms with E-state index in [2.05, 4.69) is 0 Å². The van der Waals surface area contributed by atoms with Crippen molar-refractivity contribution in [1.29, 1.82) is 0 Å². The summed E-state index contributed by atoms with van der Waals surface area (Å²) in [6, 6.07) is 0. The molecule has 0 heterocycles. The van der Waals surface area contributed by atoms with E-state index in [1.165, 1.54) is 6.92 Å². The van der Waals surface area contributed by atoms with E-state index in [0.717, 1.165) is 6.08 Å². The minimum atomic E-state index is -1.82. The molecular formula is C7H7F3. The molecule has 0 bridgehead atoms. The van der Waals surface area contributed by atoms with Crippen molar-refractivity contribution >= 4 is 0 Å². The topological polar surface area (TPSA) is 0 Å². The normalized spacial score (nSPS) is 33.2. The average molecular weight is 148 g/mol. The van der Waals surface area contributed by atoms with E-state index in [9.17, 15) is 13.2 Å². The summed E-state index contributed by atoms with van der Waals surface area (Å²) >= 11 is 0. The minimum absolute atomic E-state index is 0.168. The van der Waals surface area contributed by atoms with Crippen LogP contribution in [0.15, 0.2) is 23.6 Å². The van der Waals surface area contributed by atoms with Crippen LogP contribution in [-0.2, 0) is 0 Å². The monoisotopic (exact) mass is 148 g/mol. The Balaban J connectivity index is 2.83. The number of allylic oxidation sites excluding steroid dienone is 4. The van der Waals surface area contributed by atoms with E-state index in [1.807, 2.05) is 0 Å². The second-order valence-electron chi connectivity index (χ2n) is 2.25. The third-order valence-electron chi connectivity index (χ3n) is 1.40. The summed E-state index contributed by atoms with van der Waals surface area (Å²) in [5, 5.41) is 0. The lowest BCUT2D eigenvalue weighted by atomic mass is 10.0. The smallest absolute Gasteiger partial charge is 0.156 e. The van der Waals surface area contributed by atoms with Crippen molar-refractivity contribution < 1.29 is 13.2 Å². The first-order valence-electron chi connectivity index (χ1n) is 2.95. The highest BCUT2D eigenvalue weighted by atomic mass is 19.2. The van der Waals surface area contributed by atoms with E-state index in [0.29, 0.717) is 6.08 Å². The molecule has 1 aliphatic carbocycles. The highest BCUT2D eigenvalue weighted by molar-refractivity contribution is 5.30. The lowest BCUT2D eigenvalue weighted by molar-refractivity contribution is 0.240. The maximum atomic E-state index is 12.4. The third-order valence-corrected chi connectivity index (χ3v) is 1.40. The maximum absolute atomic E-state index is 12.4. The predicted octanol–water partition coefficient (Wildman–Crippen LogP) is 2.48. The van der Waals surface area contributed by atoms with Crippen LogP contribution in [0.3, 0.4) is 0 Å². The van der Waals surface area contributed by atoms with Gasteiger partial charge in [-0.05, 0) is 24.6 Å². The fourth-order valence-electron chi connectivity index (χ4n) is 0.774.